The molecule has 0 atom stereocenters. The van der Waals surface area contributed by atoms with E-state index in [2.05, 4.69) is 22.1 Å². The van der Waals surface area contributed by atoms with Crippen LogP contribution < -0.4 is 5.32 Å². The van der Waals surface area contributed by atoms with Crippen LogP contribution in [-0.2, 0) is 9.59 Å². The third-order valence-electron chi connectivity index (χ3n) is 4.65. The molecule has 0 spiro atoms. The van der Waals surface area contributed by atoms with Gasteiger partial charge >= 0.3 is 0 Å². The number of halogens is 1. The molecule has 1 aliphatic rings. The van der Waals surface area contributed by atoms with E-state index >= 15 is 0 Å². The predicted molar refractivity (Wildman–Crippen MR) is 96.8 cm³/mol. The first kappa shape index (κ1) is 17.8. The fourth-order valence-corrected chi connectivity index (χ4v) is 3.23. The number of hydrogen-bond acceptors (Lipinski definition) is 3. The third-order valence-corrected chi connectivity index (χ3v) is 4.65. The van der Waals surface area contributed by atoms with E-state index < -0.39 is 0 Å². The number of rotatable bonds is 4. The van der Waals surface area contributed by atoms with Crippen molar-refractivity contribution in [1.82, 2.24) is 15.1 Å². The lowest BCUT2D eigenvalue weighted by molar-refractivity contribution is -0.130. The first-order valence-electron chi connectivity index (χ1n) is 8.52. The van der Waals surface area contributed by atoms with Crippen LogP contribution in [0.15, 0.2) is 36.9 Å². The van der Waals surface area contributed by atoms with Gasteiger partial charge in [0.2, 0.25) is 11.8 Å². The maximum Gasteiger partial charge on any atom is 0.245 e. The number of nitrogens with zero attached hydrogens (tertiary/aromatic N) is 2. The van der Waals surface area contributed by atoms with E-state index in [1.165, 1.54) is 18.2 Å². The molecule has 2 N–H and O–H groups in total. The van der Waals surface area contributed by atoms with E-state index in [1.54, 1.807) is 17.0 Å². The highest BCUT2D eigenvalue weighted by Gasteiger charge is 2.27. The van der Waals surface area contributed by atoms with E-state index in [0.29, 0.717) is 42.9 Å². The molecule has 0 radical (unpaired) electrons. The number of anilines is 1. The SMILES string of the molecule is C=CC(=O)N1CCC(C(=O)Nc2n[nH]c(C)c2-c2cccc(F)c2)CC1. The van der Waals surface area contributed by atoms with E-state index in [4.69, 9.17) is 0 Å². The topological polar surface area (TPSA) is 78.1 Å². The number of hydrogen-bond donors (Lipinski definition) is 2. The standard InChI is InChI=1S/C19H21FN4O2/c1-3-16(25)24-9-7-13(8-10-24)19(26)21-18-17(12(2)22-23-18)14-5-4-6-15(20)11-14/h3-6,11,13H,1,7-10H2,2H3,(H2,21,22,23,26). The van der Waals surface area contributed by atoms with Gasteiger partial charge in [-0.3, -0.25) is 14.7 Å². The fraction of sp³-hybridized carbons (Fsp3) is 0.316. The molecule has 7 heteroatoms. The zero-order chi connectivity index (χ0) is 18.7. The van der Waals surface area contributed by atoms with Gasteiger partial charge in [-0.25, -0.2) is 4.39 Å². The predicted octanol–water partition coefficient (Wildman–Crippen LogP) is 2.89. The Labute approximate surface area is 151 Å². The van der Waals surface area contributed by atoms with Gasteiger partial charge in [0.1, 0.15) is 5.82 Å². The van der Waals surface area contributed by atoms with Crippen LogP contribution in [0.3, 0.4) is 0 Å². The summed E-state index contributed by atoms with van der Waals surface area (Å²) in [4.78, 5) is 25.9. The lowest BCUT2D eigenvalue weighted by Crippen LogP contribution is -2.40. The van der Waals surface area contributed by atoms with Crippen molar-refractivity contribution in [3.8, 4) is 11.1 Å². The van der Waals surface area contributed by atoms with Gasteiger partial charge in [-0.15, -0.1) is 0 Å². The van der Waals surface area contributed by atoms with Gasteiger partial charge in [0, 0.05) is 30.3 Å². The molecule has 0 aliphatic carbocycles. The van der Waals surface area contributed by atoms with Crippen molar-refractivity contribution in [3.63, 3.8) is 0 Å². The smallest absolute Gasteiger partial charge is 0.245 e. The first-order valence-corrected chi connectivity index (χ1v) is 8.52. The van der Waals surface area contributed by atoms with Crippen LogP contribution in [0.1, 0.15) is 18.5 Å². The summed E-state index contributed by atoms with van der Waals surface area (Å²) in [7, 11) is 0. The van der Waals surface area contributed by atoms with Crippen LogP contribution in [0.5, 0.6) is 0 Å². The number of aryl methyl sites for hydroxylation is 1. The highest BCUT2D eigenvalue weighted by Crippen LogP contribution is 2.30. The zero-order valence-corrected chi connectivity index (χ0v) is 14.6. The number of aromatic nitrogens is 2. The summed E-state index contributed by atoms with van der Waals surface area (Å²) in [5.74, 6) is -0.399. The molecule has 26 heavy (non-hydrogen) atoms. The Morgan fingerprint density at radius 2 is 2.12 bits per heavy atom. The molecule has 1 aromatic heterocycles. The van der Waals surface area contributed by atoms with E-state index in [-0.39, 0.29) is 23.5 Å². The van der Waals surface area contributed by atoms with Crippen molar-refractivity contribution in [3.05, 3.63) is 48.4 Å². The van der Waals surface area contributed by atoms with E-state index in [0.717, 1.165) is 5.69 Å². The molecular weight excluding hydrogens is 335 g/mol. The molecule has 3 rings (SSSR count). The summed E-state index contributed by atoms with van der Waals surface area (Å²) in [6.07, 6.45) is 2.46. The molecule has 1 saturated heterocycles. The van der Waals surface area contributed by atoms with E-state index in [9.17, 15) is 14.0 Å². The summed E-state index contributed by atoms with van der Waals surface area (Å²) in [6.45, 7) is 6.36. The summed E-state index contributed by atoms with van der Waals surface area (Å²) >= 11 is 0. The number of piperidine rings is 1. The number of carbonyl (C=O) groups excluding carboxylic acids is 2. The van der Waals surface area contributed by atoms with Crippen LogP contribution in [0.25, 0.3) is 11.1 Å². The highest BCUT2D eigenvalue weighted by molar-refractivity contribution is 5.96. The number of amides is 2. The Bertz CT molecular complexity index is 838. The molecule has 2 aromatic rings. The average molecular weight is 356 g/mol. The van der Waals surface area contributed by atoms with Crippen LogP contribution >= 0.6 is 0 Å². The third kappa shape index (κ3) is 3.66. The average Bonchev–Trinajstić information content (AvgIpc) is 3.01. The fourth-order valence-electron chi connectivity index (χ4n) is 3.23. The van der Waals surface area contributed by atoms with Crippen LogP contribution in [0, 0.1) is 18.7 Å². The minimum absolute atomic E-state index is 0.111. The number of nitrogens with one attached hydrogen (secondary N) is 2. The minimum atomic E-state index is -0.348. The number of benzene rings is 1. The molecule has 0 unspecified atom stereocenters. The van der Waals surface area contributed by atoms with Crippen molar-refractivity contribution in [2.75, 3.05) is 18.4 Å². The summed E-state index contributed by atoms with van der Waals surface area (Å²) < 4.78 is 13.5. The maximum atomic E-state index is 13.5. The van der Waals surface area contributed by atoms with Gasteiger partial charge < -0.3 is 10.2 Å². The summed E-state index contributed by atoms with van der Waals surface area (Å²) in [5, 5.41) is 9.85. The molecule has 136 valence electrons. The molecule has 0 bridgehead atoms. The van der Waals surface area contributed by atoms with Crippen LogP contribution in [0.2, 0.25) is 0 Å². The molecule has 0 saturated carbocycles. The second-order valence-electron chi connectivity index (χ2n) is 6.38. The van der Waals surface area contributed by atoms with Gasteiger partial charge in [0.15, 0.2) is 5.82 Å². The van der Waals surface area contributed by atoms with Crippen LogP contribution in [0.4, 0.5) is 10.2 Å². The van der Waals surface area contributed by atoms with Crippen molar-refractivity contribution >= 4 is 17.6 Å². The Hall–Kier alpha value is -2.96. The molecule has 2 heterocycles. The monoisotopic (exact) mass is 356 g/mol. The van der Waals surface area contributed by atoms with Gasteiger partial charge in [0.05, 0.1) is 0 Å². The normalized spacial score (nSPS) is 14.9. The molecule has 1 aromatic carbocycles. The zero-order valence-electron chi connectivity index (χ0n) is 14.6. The second kappa shape index (κ2) is 7.51. The molecular formula is C19H21FN4O2. The number of likely N-dealkylation sites (tertiary alicyclic amines) is 1. The Morgan fingerprint density at radius 1 is 1.38 bits per heavy atom. The van der Waals surface area contributed by atoms with Gasteiger partial charge in [0.25, 0.3) is 0 Å². The van der Waals surface area contributed by atoms with Gasteiger partial charge in [-0.1, -0.05) is 18.7 Å². The number of aromatic amines is 1. The largest absolute Gasteiger partial charge is 0.339 e. The first-order chi connectivity index (χ1) is 12.5. The van der Waals surface area contributed by atoms with Crippen molar-refractivity contribution in [2.24, 2.45) is 5.92 Å². The van der Waals surface area contributed by atoms with Gasteiger partial charge in [-0.05, 0) is 43.5 Å². The number of carbonyl (C=O) groups is 2. The molecule has 1 fully saturated rings. The quantitative estimate of drug-likeness (QED) is 0.827. The minimum Gasteiger partial charge on any atom is -0.339 e. The number of H-pyrrole nitrogens is 1. The highest BCUT2D eigenvalue weighted by atomic mass is 19.1. The van der Waals surface area contributed by atoms with E-state index in [1.807, 2.05) is 6.92 Å². The lowest BCUT2D eigenvalue weighted by atomic mass is 9.95. The summed E-state index contributed by atoms with van der Waals surface area (Å²) in [6, 6.07) is 6.17. The van der Waals surface area contributed by atoms with Crippen molar-refractivity contribution in [1.29, 1.82) is 0 Å². The Kier molecular flexibility index (Phi) is 5.16. The lowest BCUT2D eigenvalue weighted by Gasteiger charge is -2.30. The Morgan fingerprint density at radius 3 is 2.77 bits per heavy atom. The molecule has 1 aliphatic heterocycles. The maximum absolute atomic E-state index is 13.5. The Balaban J connectivity index is 1.71. The molecule has 2 amide bonds. The summed E-state index contributed by atoms with van der Waals surface area (Å²) in [5.41, 5.74) is 2.08. The van der Waals surface area contributed by atoms with Crippen molar-refractivity contribution in [2.45, 2.75) is 19.8 Å². The van der Waals surface area contributed by atoms with Crippen molar-refractivity contribution < 1.29 is 14.0 Å². The van der Waals surface area contributed by atoms with Crippen LogP contribution in [-0.4, -0.2) is 40.0 Å². The second-order valence-corrected chi connectivity index (χ2v) is 6.38. The van der Waals surface area contributed by atoms with Gasteiger partial charge in [-0.2, -0.15) is 5.10 Å². The molecule has 6 nitrogen and oxygen atoms in total.